The molecule has 2 aromatic rings. The van der Waals surface area contributed by atoms with Crippen molar-refractivity contribution in [1.82, 2.24) is 9.97 Å². The van der Waals surface area contributed by atoms with Gasteiger partial charge in [-0.15, -0.1) is 0 Å². The van der Waals surface area contributed by atoms with Crippen LogP contribution in [0.3, 0.4) is 0 Å². The van der Waals surface area contributed by atoms with E-state index in [-0.39, 0.29) is 11.8 Å². The van der Waals surface area contributed by atoms with Gasteiger partial charge in [-0.3, -0.25) is 0 Å². The zero-order valence-corrected chi connectivity index (χ0v) is 12.7. The molecule has 3 rings (SSSR count). The molecule has 1 aliphatic heterocycles. The highest BCUT2D eigenvalue weighted by molar-refractivity contribution is 5.54. The zero-order chi connectivity index (χ0) is 17.2. The van der Waals surface area contributed by atoms with Crippen LogP contribution in [0.25, 0.3) is 6.08 Å². The van der Waals surface area contributed by atoms with Crippen LogP contribution >= 0.6 is 0 Å². The van der Waals surface area contributed by atoms with Crippen LogP contribution in [0.2, 0.25) is 0 Å². The Balaban J connectivity index is 1.69. The molecule has 0 unspecified atom stereocenters. The Kier molecular flexibility index (Phi) is 4.51. The molecule has 7 heteroatoms. The van der Waals surface area contributed by atoms with Crippen molar-refractivity contribution in [3.05, 3.63) is 59.2 Å². The third-order valence-electron chi connectivity index (χ3n) is 3.84. The SMILES string of the molecule is Fc1cccc(C=C2CCN(c3nccc(C(F)(F)F)n3)CC2)c1. The van der Waals surface area contributed by atoms with Crippen LogP contribution in [-0.4, -0.2) is 23.1 Å². The maximum Gasteiger partial charge on any atom is 0.433 e. The minimum absolute atomic E-state index is 0.0923. The number of benzene rings is 1. The summed E-state index contributed by atoms with van der Waals surface area (Å²) in [6.07, 6.45) is -0.0706. The summed E-state index contributed by atoms with van der Waals surface area (Å²) in [7, 11) is 0. The van der Waals surface area contributed by atoms with Crippen molar-refractivity contribution in [3.63, 3.8) is 0 Å². The van der Waals surface area contributed by atoms with Crippen LogP contribution < -0.4 is 4.90 Å². The van der Waals surface area contributed by atoms with Gasteiger partial charge in [-0.25, -0.2) is 14.4 Å². The number of anilines is 1. The maximum absolute atomic E-state index is 13.2. The largest absolute Gasteiger partial charge is 0.433 e. The number of halogens is 4. The van der Waals surface area contributed by atoms with Gasteiger partial charge in [0.2, 0.25) is 5.95 Å². The fourth-order valence-corrected chi connectivity index (χ4v) is 2.63. The molecule has 1 fully saturated rings. The van der Waals surface area contributed by atoms with Crippen LogP contribution in [-0.2, 0) is 6.18 Å². The average molecular weight is 337 g/mol. The monoisotopic (exact) mass is 337 g/mol. The molecule has 0 bridgehead atoms. The lowest BCUT2D eigenvalue weighted by Gasteiger charge is -2.28. The molecule has 3 nitrogen and oxygen atoms in total. The van der Waals surface area contributed by atoms with E-state index in [1.165, 1.54) is 12.1 Å². The molecule has 0 radical (unpaired) electrons. The lowest BCUT2D eigenvalue weighted by Crippen LogP contribution is -2.32. The van der Waals surface area contributed by atoms with Crippen LogP contribution in [0, 0.1) is 5.82 Å². The average Bonchev–Trinajstić information content (AvgIpc) is 2.55. The predicted octanol–water partition coefficient (Wildman–Crippen LogP) is 4.32. The standard InChI is InChI=1S/C17H15F4N3/c18-14-3-1-2-13(11-14)10-12-5-8-24(9-6-12)16-22-7-4-15(23-16)17(19,20)21/h1-4,7,10-11H,5-6,8-9H2. The maximum atomic E-state index is 13.2. The first kappa shape index (κ1) is 16.4. The van der Waals surface area contributed by atoms with Crippen molar-refractivity contribution >= 4 is 12.0 Å². The van der Waals surface area contributed by atoms with Gasteiger partial charge in [0, 0.05) is 19.3 Å². The quantitative estimate of drug-likeness (QED) is 0.764. The van der Waals surface area contributed by atoms with Gasteiger partial charge >= 0.3 is 6.18 Å². The van der Waals surface area contributed by atoms with E-state index in [0.717, 1.165) is 23.4 Å². The van der Waals surface area contributed by atoms with E-state index < -0.39 is 11.9 Å². The second-order valence-corrected chi connectivity index (χ2v) is 5.58. The number of alkyl halides is 3. The zero-order valence-electron chi connectivity index (χ0n) is 12.7. The Morgan fingerprint density at radius 1 is 1.08 bits per heavy atom. The molecule has 0 atom stereocenters. The van der Waals surface area contributed by atoms with Crippen molar-refractivity contribution in [2.45, 2.75) is 19.0 Å². The fraction of sp³-hybridized carbons (Fsp3) is 0.294. The highest BCUT2D eigenvalue weighted by Crippen LogP contribution is 2.29. The smallest absolute Gasteiger partial charge is 0.340 e. The number of hydrogen-bond acceptors (Lipinski definition) is 3. The van der Waals surface area contributed by atoms with Crippen molar-refractivity contribution in [3.8, 4) is 0 Å². The lowest BCUT2D eigenvalue weighted by molar-refractivity contribution is -0.141. The third-order valence-corrected chi connectivity index (χ3v) is 3.84. The van der Waals surface area contributed by atoms with Crippen LogP contribution in [0.5, 0.6) is 0 Å². The highest BCUT2D eigenvalue weighted by Gasteiger charge is 2.33. The van der Waals surface area contributed by atoms with E-state index in [1.54, 1.807) is 11.0 Å². The molecule has 0 saturated carbocycles. The van der Waals surface area contributed by atoms with E-state index in [4.69, 9.17) is 0 Å². The Labute approximate surface area is 136 Å². The Morgan fingerprint density at radius 3 is 2.50 bits per heavy atom. The predicted molar refractivity (Wildman–Crippen MR) is 82.9 cm³/mol. The van der Waals surface area contributed by atoms with Gasteiger partial charge < -0.3 is 4.90 Å². The molecule has 0 aliphatic carbocycles. The molecule has 1 aromatic heterocycles. The molecule has 0 N–H and O–H groups in total. The normalized spacial score (nSPS) is 15.5. The Bertz CT molecular complexity index is 745. The van der Waals surface area contributed by atoms with Gasteiger partial charge in [-0.05, 0) is 36.6 Å². The fourth-order valence-electron chi connectivity index (χ4n) is 2.63. The third kappa shape index (κ3) is 3.90. The molecule has 1 saturated heterocycles. The second kappa shape index (κ2) is 6.59. The summed E-state index contributed by atoms with van der Waals surface area (Å²) in [5.41, 5.74) is 0.978. The van der Waals surface area contributed by atoms with Gasteiger partial charge in [0.25, 0.3) is 0 Å². The summed E-state index contributed by atoms with van der Waals surface area (Å²) in [5.74, 6) is -0.200. The summed E-state index contributed by atoms with van der Waals surface area (Å²) < 4.78 is 51.4. The molecule has 24 heavy (non-hydrogen) atoms. The first-order valence-electron chi connectivity index (χ1n) is 7.52. The molecule has 2 heterocycles. The van der Waals surface area contributed by atoms with Gasteiger partial charge in [0.05, 0.1) is 0 Å². The van der Waals surface area contributed by atoms with Crippen LogP contribution in [0.4, 0.5) is 23.5 Å². The minimum Gasteiger partial charge on any atom is -0.340 e. The lowest BCUT2D eigenvalue weighted by atomic mass is 10.0. The van der Waals surface area contributed by atoms with Gasteiger partial charge in [0.1, 0.15) is 11.5 Å². The summed E-state index contributed by atoms with van der Waals surface area (Å²) >= 11 is 0. The summed E-state index contributed by atoms with van der Waals surface area (Å²) in [6, 6.07) is 7.17. The van der Waals surface area contributed by atoms with Crippen molar-refractivity contribution in [2.24, 2.45) is 0 Å². The second-order valence-electron chi connectivity index (χ2n) is 5.58. The molecule has 0 amide bonds. The minimum atomic E-state index is -4.48. The molecular formula is C17H15F4N3. The number of aromatic nitrogens is 2. The first-order chi connectivity index (χ1) is 11.4. The van der Waals surface area contributed by atoms with Crippen molar-refractivity contribution in [2.75, 3.05) is 18.0 Å². The van der Waals surface area contributed by atoms with E-state index in [0.29, 0.717) is 25.9 Å². The van der Waals surface area contributed by atoms with Crippen molar-refractivity contribution in [1.29, 1.82) is 0 Å². The first-order valence-corrected chi connectivity index (χ1v) is 7.52. The van der Waals surface area contributed by atoms with E-state index in [9.17, 15) is 17.6 Å². The number of hydrogen-bond donors (Lipinski definition) is 0. The Hall–Kier alpha value is -2.44. The molecule has 0 spiro atoms. The van der Waals surface area contributed by atoms with Gasteiger partial charge in [0.15, 0.2) is 0 Å². The summed E-state index contributed by atoms with van der Waals surface area (Å²) in [4.78, 5) is 9.29. The summed E-state index contributed by atoms with van der Waals surface area (Å²) in [5, 5.41) is 0. The number of rotatable bonds is 2. The Morgan fingerprint density at radius 2 is 1.83 bits per heavy atom. The highest BCUT2D eigenvalue weighted by atomic mass is 19.4. The van der Waals surface area contributed by atoms with Crippen LogP contribution in [0.15, 0.2) is 42.1 Å². The molecule has 1 aliphatic rings. The molecule has 1 aromatic carbocycles. The molecule has 126 valence electrons. The summed E-state index contributed by atoms with van der Waals surface area (Å²) in [6.45, 7) is 1.06. The van der Waals surface area contributed by atoms with Gasteiger partial charge in [-0.1, -0.05) is 23.8 Å². The topological polar surface area (TPSA) is 29.0 Å². The van der Waals surface area contributed by atoms with Gasteiger partial charge in [-0.2, -0.15) is 13.2 Å². The number of piperidine rings is 1. The van der Waals surface area contributed by atoms with E-state index in [2.05, 4.69) is 9.97 Å². The van der Waals surface area contributed by atoms with E-state index >= 15 is 0 Å². The van der Waals surface area contributed by atoms with Crippen LogP contribution in [0.1, 0.15) is 24.1 Å². The number of nitrogens with zero attached hydrogens (tertiary/aromatic N) is 3. The van der Waals surface area contributed by atoms with Crippen molar-refractivity contribution < 1.29 is 17.6 Å². The molecular weight excluding hydrogens is 322 g/mol. The van der Waals surface area contributed by atoms with E-state index in [1.807, 2.05) is 12.1 Å².